The molecule has 0 unspecified atom stereocenters. The van der Waals surface area contributed by atoms with Crippen LogP contribution in [0.25, 0.3) is 5.65 Å². The summed E-state index contributed by atoms with van der Waals surface area (Å²) < 4.78 is 2.45. The van der Waals surface area contributed by atoms with Crippen LogP contribution in [0.4, 0.5) is 5.69 Å². The molecule has 0 bridgehead atoms. The second kappa shape index (κ2) is 5.19. The van der Waals surface area contributed by atoms with Gasteiger partial charge in [0.05, 0.1) is 5.69 Å². The standard InChI is InChI=1S/C13H8BrN5O/c14-10-6-7-12-16-13(17-18(12)8-10)20-19(9-15)11-4-2-1-3-5-11/h1-8H. The van der Waals surface area contributed by atoms with E-state index in [9.17, 15) is 0 Å². The first-order valence-corrected chi connectivity index (χ1v) is 6.50. The molecule has 0 radical (unpaired) electrons. The third kappa shape index (κ3) is 2.41. The SMILES string of the molecule is N#CN(Oc1nc2ccc(Br)cn2n1)c1ccccc1. The molecule has 98 valence electrons. The van der Waals surface area contributed by atoms with Crippen molar-refractivity contribution in [3.63, 3.8) is 0 Å². The number of benzene rings is 1. The van der Waals surface area contributed by atoms with E-state index in [2.05, 4.69) is 26.0 Å². The summed E-state index contributed by atoms with van der Waals surface area (Å²) in [4.78, 5) is 9.57. The van der Waals surface area contributed by atoms with Gasteiger partial charge in [-0.15, -0.1) is 10.2 Å². The van der Waals surface area contributed by atoms with Gasteiger partial charge < -0.3 is 4.84 Å². The summed E-state index contributed by atoms with van der Waals surface area (Å²) in [7, 11) is 0. The Hall–Kier alpha value is -2.59. The van der Waals surface area contributed by atoms with Gasteiger partial charge in [-0.25, -0.2) is 4.52 Å². The Kier molecular flexibility index (Phi) is 3.23. The number of fused-ring (bicyclic) bond motifs is 1. The van der Waals surface area contributed by atoms with Gasteiger partial charge in [-0.3, -0.25) is 0 Å². The van der Waals surface area contributed by atoms with E-state index in [1.54, 1.807) is 28.9 Å². The second-order valence-electron chi connectivity index (χ2n) is 3.87. The topological polar surface area (TPSA) is 66.5 Å². The molecule has 2 heterocycles. The monoisotopic (exact) mass is 329 g/mol. The summed E-state index contributed by atoms with van der Waals surface area (Å²) in [6, 6.07) is 12.8. The lowest BCUT2D eigenvalue weighted by atomic mass is 10.3. The Bertz CT molecular complexity index is 780. The molecule has 2 aromatic heterocycles. The predicted octanol–water partition coefficient (Wildman–Crippen LogP) is 2.77. The van der Waals surface area contributed by atoms with Gasteiger partial charge >= 0.3 is 6.01 Å². The maximum Gasteiger partial charge on any atom is 0.363 e. The number of anilines is 1. The van der Waals surface area contributed by atoms with E-state index in [0.717, 1.165) is 9.54 Å². The highest BCUT2D eigenvalue weighted by Gasteiger charge is 2.12. The van der Waals surface area contributed by atoms with Crippen LogP contribution in [0.3, 0.4) is 0 Å². The lowest BCUT2D eigenvalue weighted by Gasteiger charge is -2.12. The third-order valence-electron chi connectivity index (χ3n) is 2.53. The highest BCUT2D eigenvalue weighted by atomic mass is 79.9. The van der Waals surface area contributed by atoms with Crippen LogP contribution < -0.4 is 9.90 Å². The number of para-hydroxylation sites is 1. The van der Waals surface area contributed by atoms with Gasteiger partial charge in [0, 0.05) is 10.7 Å². The van der Waals surface area contributed by atoms with Crippen LogP contribution in [0, 0.1) is 11.5 Å². The molecule has 3 rings (SSSR count). The molecule has 0 fully saturated rings. The van der Waals surface area contributed by atoms with Crippen molar-refractivity contribution < 1.29 is 4.84 Å². The number of halogens is 1. The summed E-state index contributed by atoms with van der Waals surface area (Å²) in [5.41, 5.74) is 1.24. The molecule has 1 aromatic carbocycles. The molecule has 0 saturated carbocycles. The molecule has 0 aliphatic heterocycles. The number of rotatable bonds is 3. The van der Waals surface area contributed by atoms with Crippen molar-refractivity contribution in [1.29, 1.82) is 5.26 Å². The summed E-state index contributed by atoms with van der Waals surface area (Å²) in [6.07, 6.45) is 3.69. The molecule has 0 atom stereocenters. The molecule has 0 aliphatic carbocycles. The number of hydrogen-bond donors (Lipinski definition) is 0. The average molecular weight is 330 g/mol. The van der Waals surface area contributed by atoms with Crippen molar-refractivity contribution in [2.75, 3.05) is 5.06 Å². The number of hydroxylamine groups is 1. The molecular formula is C13H8BrN5O. The Morgan fingerprint density at radius 1 is 1.20 bits per heavy atom. The zero-order valence-electron chi connectivity index (χ0n) is 10.1. The Morgan fingerprint density at radius 2 is 2.00 bits per heavy atom. The van der Waals surface area contributed by atoms with Crippen LogP contribution in [-0.4, -0.2) is 14.6 Å². The van der Waals surface area contributed by atoms with Gasteiger partial charge in [-0.05, 0) is 40.2 Å². The summed E-state index contributed by atoms with van der Waals surface area (Å²) in [5, 5.41) is 14.3. The fourth-order valence-electron chi connectivity index (χ4n) is 1.65. The van der Waals surface area contributed by atoms with E-state index < -0.39 is 0 Å². The van der Waals surface area contributed by atoms with Crippen LogP contribution in [0.5, 0.6) is 6.01 Å². The molecule has 0 aliphatic rings. The number of nitriles is 1. The molecule has 0 N–H and O–H groups in total. The first-order valence-electron chi connectivity index (χ1n) is 5.71. The molecule has 7 heteroatoms. The van der Waals surface area contributed by atoms with E-state index >= 15 is 0 Å². The van der Waals surface area contributed by atoms with Crippen molar-refractivity contribution in [3.05, 3.63) is 53.1 Å². The van der Waals surface area contributed by atoms with E-state index in [0.29, 0.717) is 11.3 Å². The minimum absolute atomic E-state index is 0.105. The number of hydrogen-bond acceptors (Lipinski definition) is 5. The van der Waals surface area contributed by atoms with Crippen LogP contribution >= 0.6 is 15.9 Å². The minimum Gasteiger partial charge on any atom is -0.321 e. The van der Waals surface area contributed by atoms with E-state index in [4.69, 9.17) is 10.1 Å². The predicted molar refractivity (Wildman–Crippen MR) is 75.8 cm³/mol. The molecule has 3 aromatic rings. The molecule has 20 heavy (non-hydrogen) atoms. The number of nitrogens with zero attached hydrogens (tertiary/aromatic N) is 5. The number of aromatic nitrogens is 3. The first kappa shape index (κ1) is 12.4. The van der Waals surface area contributed by atoms with Crippen LogP contribution in [0.1, 0.15) is 0 Å². The third-order valence-corrected chi connectivity index (χ3v) is 3.00. The van der Waals surface area contributed by atoms with E-state index in [1.165, 1.54) is 0 Å². The van der Waals surface area contributed by atoms with Crippen LogP contribution in [0.2, 0.25) is 0 Å². The van der Waals surface area contributed by atoms with Gasteiger partial charge in [0.1, 0.15) is 0 Å². The van der Waals surface area contributed by atoms with E-state index in [1.807, 2.05) is 30.5 Å². The Morgan fingerprint density at radius 3 is 2.75 bits per heavy atom. The lowest BCUT2D eigenvalue weighted by Crippen LogP contribution is -2.21. The van der Waals surface area contributed by atoms with Crippen molar-refractivity contribution in [2.24, 2.45) is 0 Å². The fourth-order valence-corrected chi connectivity index (χ4v) is 1.98. The average Bonchev–Trinajstić information content (AvgIpc) is 2.87. The minimum atomic E-state index is 0.105. The molecule has 0 spiro atoms. The van der Waals surface area contributed by atoms with Crippen molar-refractivity contribution in [1.82, 2.24) is 14.6 Å². The van der Waals surface area contributed by atoms with Gasteiger partial charge in [-0.2, -0.15) is 10.2 Å². The smallest absolute Gasteiger partial charge is 0.321 e. The summed E-state index contributed by atoms with van der Waals surface area (Å²) in [6.45, 7) is 0. The van der Waals surface area contributed by atoms with Gasteiger partial charge in [0.15, 0.2) is 5.65 Å². The van der Waals surface area contributed by atoms with Crippen molar-refractivity contribution in [3.8, 4) is 12.2 Å². The highest BCUT2D eigenvalue weighted by molar-refractivity contribution is 9.10. The highest BCUT2D eigenvalue weighted by Crippen LogP contribution is 2.17. The van der Waals surface area contributed by atoms with Gasteiger partial charge in [-0.1, -0.05) is 18.2 Å². The maximum atomic E-state index is 9.14. The van der Waals surface area contributed by atoms with Gasteiger partial charge in [0.25, 0.3) is 0 Å². The second-order valence-corrected chi connectivity index (χ2v) is 4.78. The normalized spacial score (nSPS) is 10.2. The molecule has 6 nitrogen and oxygen atoms in total. The van der Waals surface area contributed by atoms with Crippen LogP contribution in [0.15, 0.2) is 53.1 Å². The largest absolute Gasteiger partial charge is 0.363 e. The zero-order valence-corrected chi connectivity index (χ0v) is 11.7. The van der Waals surface area contributed by atoms with Gasteiger partial charge in [0.2, 0.25) is 6.19 Å². The van der Waals surface area contributed by atoms with Crippen molar-refractivity contribution >= 4 is 27.3 Å². The quantitative estimate of drug-likeness (QED) is 0.420. The summed E-state index contributed by atoms with van der Waals surface area (Å²) in [5.74, 6) is 0. The van der Waals surface area contributed by atoms with E-state index in [-0.39, 0.29) is 6.01 Å². The number of pyridine rings is 1. The molecular weight excluding hydrogens is 322 g/mol. The van der Waals surface area contributed by atoms with Crippen molar-refractivity contribution in [2.45, 2.75) is 0 Å². The maximum absolute atomic E-state index is 9.14. The zero-order chi connectivity index (χ0) is 13.9. The lowest BCUT2D eigenvalue weighted by molar-refractivity contribution is 0.299. The molecule has 0 amide bonds. The summed E-state index contributed by atoms with van der Waals surface area (Å²) >= 11 is 3.35. The fraction of sp³-hybridized carbons (Fsp3) is 0. The Balaban J connectivity index is 1.90. The first-order chi connectivity index (χ1) is 9.76. The van der Waals surface area contributed by atoms with Crippen LogP contribution in [-0.2, 0) is 0 Å². The Labute approximate surface area is 122 Å². The molecule has 0 saturated heterocycles.